The summed E-state index contributed by atoms with van der Waals surface area (Å²) in [5.41, 5.74) is 2.62. The van der Waals surface area contributed by atoms with Crippen LogP contribution in [0.5, 0.6) is 5.75 Å². The third-order valence-corrected chi connectivity index (χ3v) is 3.89. The highest BCUT2D eigenvalue weighted by molar-refractivity contribution is 9.10. The van der Waals surface area contributed by atoms with Gasteiger partial charge in [0.15, 0.2) is 5.78 Å². The van der Waals surface area contributed by atoms with E-state index < -0.39 is 0 Å². The monoisotopic (exact) mass is 346 g/mol. The Balaban J connectivity index is 2.21. The molecule has 2 rings (SSSR count). The van der Waals surface area contributed by atoms with Crippen molar-refractivity contribution in [3.63, 3.8) is 0 Å². The Hall–Kier alpha value is -1.61. The van der Waals surface area contributed by atoms with Crippen LogP contribution in [0.1, 0.15) is 35.3 Å². The minimum atomic E-state index is 0.0226. The minimum absolute atomic E-state index is 0.0226. The molecule has 0 aliphatic heterocycles. The van der Waals surface area contributed by atoms with Gasteiger partial charge in [-0.2, -0.15) is 0 Å². The van der Waals surface area contributed by atoms with E-state index in [-0.39, 0.29) is 5.78 Å². The largest absolute Gasteiger partial charge is 0.496 e. The van der Waals surface area contributed by atoms with Crippen LogP contribution in [-0.4, -0.2) is 12.9 Å². The maximum Gasteiger partial charge on any atom is 0.193 e. The summed E-state index contributed by atoms with van der Waals surface area (Å²) in [5.74, 6) is 1.36. The zero-order valence-corrected chi connectivity index (χ0v) is 14.1. The average Bonchev–Trinajstić information content (AvgIpc) is 2.46. The van der Waals surface area contributed by atoms with Crippen LogP contribution in [0.15, 0.2) is 46.9 Å². The van der Waals surface area contributed by atoms with E-state index in [1.54, 1.807) is 25.3 Å². The van der Waals surface area contributed by atoms with Gasteiger partial charge in [0.25, 0.3) is 0 Å². The first-order valence-corrected chi connectivity index (χ1v) is 7.77. The van der Waals surface area contributed by atoms with Crippen molar-refractivity contribution in [1.82, 2.24) is 0 Å². The molecule has 0 saturated heterocycles. The van der Waals surface area contributed by atoms with Gasteiger partial charge in [0.05, 0.1) is 11.6 Å². The lowest BCUT2D eigenvalue weighted by Crippen LogP contribution is -2.02. The van der Waals surface area contributed by atoms with Crippen LogP contribution in [0.2, 0.25) is 0 Å². The second-order valence-corrected chi connectivity index (χ2v) is 6.33. The van der Waals surface area contributed by atoms with Crippen LogP contribution in [0.3, 0.4) is 0 Å². The summed E-state index contributed by atoms with van der Waals surface area (Å²) in [6.07, 6.45) is 1.03. The highest BCUT2D eigenvalue weighted by Crippen LogP contribution is 2.26. The molecule has 0 fully saturated rings. The third-order valence-electron chi connectivity index (χ3n) is 3.27. The van der Waals surface area contributed by atoms with E-state index in [2.05, 4.69) is 29.8 Å². The van der Waals surface area contributed by atoms with Crippen LogP contribution < -0.4 is 4.74 Å². The number of ether oxygens (including phenoxy) is 1. The molecule has 0 heterocycles. The predicted octanol–water partition coefficient (Wildman–Crippen LogP) is 4.89. The van der Waals surface area contributed by atoms with Crippen molar-refractivity contribution >= 4 is 21.7 Å². The van der Waals surface area contributed by atoms with Crippen LogP contribution in [-0.2, 0) is 6.42 Å². The lowest BCUT2D eigenvalue weighted by atomic mass is 9.98. The van der Waals surface area contributed by atoms with Crippen LogP contribution in [0.4, 0.5) is 0 Å². The van der Waals surface area contributed by atoms with Crippen molar-refractivity contribution in [2.45, 2.75) is 20.3 Å². The van der Waals surface area contributed by atoms with E-state index in [1.165, 1.54) is 5.56 Å². The zero-order chi connectivity index (χ0) is 15.4. The van der Waals surface area contributed by atoms with Crippen molar-refractivity contribution in [1.29, 1.82) is 0 Å². The molecule has 2 aromatic rings. The van der Waals surface area contributed by atoms with E-state index in [1.807, 2.05) is 24.3 Å². The summed E-state index contributed by atoms with van der Waals surface area (Å²) in [4.78, 5) is 12.5. The van der Waals surface area contributed by atoms with E-state index in [0.29, 0.717) is 17.0 Å². The molecule has 21 heavy (non-hydrogen) atoms. The molecule has 0 aliphatic rings. The van der Waals surface area contributed by atoms with Gasteiger partial charge in [0.1, 0.15) is 5.75 Å². The third kappa shape index (κ3) is 3.94. The van der Waals surface area contributed by atoms with E-state index in [4.69, 9.17) is 4.74 Å². The summed E-state index contributed by atoms with van der Waals surface area (Å²) >= 11 is 3.41. The zero-order valence-electron chi connectivity index (χ0n) is 12.5. The molecule has 0 saturated carbocycles. The molecule has 0 aromatic heterocycles. The topological polar surface area (TPSA) is 26.3 Å². The Bertz CT molecular complexity index is 630. The highest BCUT2D eigenvalue weighted by Gasteiger charge is 2.11. The van der Waals surface area contributed by atoms with Gasteiger partial charge in [-0.05, 0) is 52.0 Å². The molecular weight excluding hydrogens is 328 g/mol. The Morgan fingerprint density at radius 1 is 1.10 bits per heavy atom. The number of methoxy groups -OCH3 is 1. The standard InChI is InChI=1S/C18H19BrO2/c1-12(2)10-13-4-6-14(7-5-13)18(20)15-8-9-17(21-3)16(19)11-15/h4-9,11-12H,10H2,1-3H3. The Labute approximate surface area is 134 Å². The molecule has 0 bridgehead atoms. The normalized spacial score (nSPS) is 10.7. The van der Waals surface area contributed by atoms with Crippen LogP contribution in [0.25, 0.3) is 0 Å². The molecule has 0 radical (unpaired) electrons. The fourth-order valence-corrected chi connectivity index (χ4v) is 2.78. The molecule has 0 unspecified atom stereocenters. The first-order valence-electron chi connectivity index (χ1n) is 6.98. The van der Waals surface area contributed by atoms with E-state index >= 15 is 0 Å². The average molecular weight is 347 g/mol. The van der Waals surface area contributed by atoms with Gasteiger partial charge in [-0.25, -0.2) is 0 Å². The molecule has 2 aromatic carbocycles. The highest BCUT2D eigenvalue weighted by atomic mass is 79.9. The van der Waals surface area contributed by atoms with Gasteiger partial charge in [0, 0.05) is 11.1 Å². The molecule has 2 nitrogen and oxygen atoms in total. The van der Waals surface area contributed by atoms with Crippen molar-refractivity contribution in [3.05, 3.63) is 63.6 Å². The van der Waals surface area contributed by atoms with E-state index in [0.717, 1.165) is 16.6 Å². The van der Waals surface area contributed by atoms with Gasteiger partial charge in [-0.1, -0.05) is 38.1 Å². The second-order valence-electron chi connectivity index (χ2n) is 5.47. The summed E-state index contributed by atoms with van der Waals surface area (Å²) in [6, 6.07) is 13.2. The molecule has 0 amide bonds. The maximum absolute atomic E-state index is 12.5. The van der Waals surface area contributed by atoms with Crippen molar-refractivity contribution in [2.75, 3.05) is 7.11 Å². The number of carbonyl (C=O) groups is 1. The number of rotatable bonds is 5. The van der Waals surface area contributed by atoms with Crippen LogP contribution in [0, 0.1) is 5.92 Å². The lowest BCUT2D eigenvalue weighted by molar-refractivity contribution is 0.103. The van der Waals surface area contributed by atoms with Crippen molar-refractivity contribution in [2.24, 2.45) is 5.92 Å². The number of carbonyl (C=O) groups excluding carboxylic acids is 1. The van der Waals surface area contributed by atoms with Gasteiger partial charge >= 0.3 is 0 Å². The maximum atomic E-state index is 12.5. The van der Waals surface area contributed by atoms with Crippen LogP contribution >= 0.6 is 15.9 Å². The molecular formula is C18H19BrO2. The van der Waals surface area contributed by atoms with Gasteiger partial charge in [-0.15, -0.1) is 0 Å². The van der Waals surface area contributed by atoms with Gasteiger partial charge < -0.3 is 4.74 Å². The predicted molar refractivity (Wildman–Crippen MR) is 89.1 cm³/mol. The Kier molecular flexibility index (Phi) is 5.18. The quantitative estimate of drug-likeness (QED) is 0.720. The molecule has 0 N–H and O–H groups in total. The minimum Gasteiger partial charge on any atom is -0.496 e. The summed E-state index contributed by atoms with van der Waals surface area (Å²) < 4.78 is 5.96. The Morgan fingerprint density at radius 3 is 2.24 bits per heavy atom. The van der Waals surface area contributed by atoms with Crippen molar-refractivity contribution < 1.29 is 9.53 Å². The SMILES string of the molecule is COc1ccc(C(=O)c2ccc(CC(C)C)cc2)cc1Br. The fraction of sp³-hybridized carbons (Fsp3) is 0.278. The summed E-state index contributed by atoms with van der Waals surface area (Å²) in [7, 11) is 1.61. The number of hydrogen-bond donors (Lipinski definition) is 0. The molecule has 0 spiro atoms. The summed E-state index contributed by atoms with van der Waals surface area (Å²) in [6.45, 7) is 4.38. The van der Waals surface area contributed by atoms with Gasteiger partial charge in [0.2, 0.25) is 0 Å². The number of ketones is 1. The van der Waals surface area contributed by atoms with Gasteiger partial charge in [-0.3, -0.25) is 4.79 Å². The Morgan fingerprint density at radius 2 is 1.71 bits per heavy atom. The number of hydrogen-bond acceptors (Lipinski definition) is 2. The molecule has 0 aliphatic carbocycles. The second kappa shape index (κ2) is 6.90. The smallest absolute Gasteiger partial charge is 0.193 e. The fourth-order valence-electron chi connectivity index (χ4n) is 2.24. The van der Waals surface area contributed by atoms with Crippen molar-refractivity contribution in [3.8, 4) is 5.75 Å². The molecule has 0 atom stereocenters. The number of benzene rings is 2. The first-order chi connectivity index (χ1) is 10.0. The van der Waals surface area contributed by atoms with E-state index in [9.17, 15) is 4.79 Å². The lowest BCUT2D eigenvalue weighted by Gasteiger charge is -2.08. The molecule has 3 heteroatoms. The number of halogens is 1. The first kappa shape index (κ1) is 15.8. The molecule has 110 valence electrons. The summed E-state index contributed by atoms with van der Waals surface area (Å²) in [5, 5.41) is 0.